The van der Waals surface area contributed by atoms with E-state index in [1.165, 1.54) is 5.56 Å². The number of amides is 1. The van der Waals surface area contributed by atoms with Gasteiger partial charge in [-0.25, -0.2) is 0 Å². The summed E-state index contributed by atoms with van der Waals surface area (Å²) in [5, 5.41) is 21.2. The number of carbonyl (C=O) groups excluding carboxylic acids is 1. The van der Waals surface area contributed by atoms with Crippen LogP contribution in [0.25, 0.3) is 0 Å². The number of hydrogen-bond acceptors (Lipinski definition) is 5. The highest BCUT2D eigenvalue weighted by molar-refractivity contribution is 5.78. The molecule has 134 valence electrons. The molecular weight excluding hydrogens is 330 g/mol. The number of likely N-dealkylation sites (tertiary alicyclic amines) is 1. The van der Waals surface area contributed by atoms with Crippen molar-refractivity contribution in [3.8, 4) is 0 Å². The minimum atomic E-state index is 0.0524. The summed E-state index contributed by atoms with van der Waals surface area (Å²) in [6.45, 7) is 1.48. The fraction of sp³-hybridized carbons (Fsp3) is 0.389. The number of benzene rings is 1. The first-order valence-electron chi connectivity index (χ1n) is 8.86. The standard InChI is InChI=1S/C18H21N7O/c26-18(12-17-21-23-24-22-17)25-8-6-14(7-9-25)16-11-15(19-20-16)10-13-4-2-1-3-5-13/h1-5,11,14H,6-10,12H2,(H,19,20)(H,21,22,23,24). The van der Waals surface area contributed by atoms with Crippen molar-refractivity contribution < 1.29 is 4.79 Å². The van der Waals surface area contributed by atoms with Gasteiger partial charge in [-0.3, -0.25) is 9.89 Å². The Morgan fingerprint density at radius 3 is 2.69 bits per heavy atom. The molecule has 1 amide bonds. The van der Waals surface area contributed by atoms with E-state index < -0.39 is 0 Å². The van der Waals surface area contributed by atoms with Crippen LogP contribution >= 0.6 is 0 Å². The summed E-state index contributed by atoms with van der Waals surface area (Å²) in [5.41, 5.74) is 3.49. The van der Waals surface area contributed by atoms with Crippen molar-refractivity contribution in [1.29, 1.82) is 0 Å². The van der Waals surface area contributed by atoms with Gasteiger partial charge in [-0.05, 0) is 24.5 Å². The zero-order valence-corrected chi connectivity index (χ0v) is 14.4. The van der Waals surface area contributed by atoms with E-state index in [0.29, 0.717) is 11.7 Å². The van der Waals surface area contributed by atoms with Crippen molar-refractivity contribution in [3.05, 3.63) is 59.2 Å². The normalized spacial score (nSPS) is 15.3. The molecule has 1 fully saturated rings. The maximum atomic E-state index is 12.3. The molecule has 0 unspecified atom stereocenters. The maximum Gasteiger partial charge on any atom is 0.230 e. The van der Waals surface area contributed by atoms with Crippen LogP contribution in [0.1, 0.15) is 41.5 Å². The molecule has 4 rings (SSSR count). The molecule has 0 radical (unpaired) electrons. The lowest BCUT2D eigenvalue weighted by Gasteiger charge is -2.31. The van der Waals surface area contributed by atoms with E-state index >= 15 is 0 Å². The smallest absolute Gasteiger partial charge is 0.230 e. The van der Waals surface area contributed by atoms with Crippen molar-refractivity contribution >= 4 is 5.91 Å². The minimum absolute atomic E-state index is 0.0524. The molecule has 26 heavy (non-hydrogen) atoms. The average molecular weight is 351 g/mol. The van der Waals surface area contributed by atoms with E-state index in [2.05, 4.69) is 49.0 Å². The molecule has 1 aliphatic heterocycles. The number of H-pyrrole nitrogens is 2. The summed E-state index contributed by atoms with van der Waals surface area (Å²) in [6, 6.07) is 12.5. The van der Waals surface area contributed by atoms with E-state index in [0.717, 1.165) is 43.7 Å². The van der Waals surface area contributed by atoms with Crippen molar-refractivity contribution in [3.63, 3.8) is 0 Å². The van der Waals surface area contributed by atoms with Crippen LogP contribution in [0.15, 0.2) is 36.4 Å². The van der Waals surface area contributed by atoms with Crippen LogP contribution in [0.4, 0.5) is 0 Å². The molecule has 2 N–H and O–H groups in total. The van der Waals surface area contributed by atoms with Gasteiger partial charge in [0.25, 0.3) is 0 Å². The highest BCUT2D eigenvalue weighted by Crippen LogP contribution is 2.27. The number of nitrogens with zero attached hydrogens (tertiary/aromatic N) is 5. The predicted octanol–water partition coefficient (Wildman–Crippen LogP) is 1.46. The molecule has 0 saturated carbocycles. The zero-order chi connectivity index (χ0) is 17.8. The first-order chi connectivity index (χ1) is 12.8. The maximum absolute atomic E-state index is 12.3. The second kappa shape index (κ2) is 7.47. The molecule has 0 spiro atoms. The molecule has 0 bridgehead atoms. The number of nitrogens with one attached hydrogen (secondary N) is 2. The first kappa shape index (κ1) is 16.4. The van der Waals surface area contributed by atoms with Crippen LogP contribution in [0.2, 0.25) is 0 Å². The Kier molecular flexibility index (Phi) is 4.72. The lowest BCUT2D eigenvalue weighted by molar-refractivity contribution is -0.131. The quantitative estimate of drug-likeness (QED) is 0.724. The fourth-order valence-electron chi connectivity index (χ4n) is 3.42. The number of piperidine rings is 1. The van der Waals surface area contributed by atoms with Crippen molar-refractivity contribution in [2.75, 3.05) is 13.1 Å². The molecule has 3 aromatic rings. The zero-order valence-electron chi connectivity index (χ0n) is 14.4. The molecule has 1 aromatic carbocycles. The van der Waals surface area contributed by atoms with E-state index in [9.17, 15) is 4.79 Å². The summed E-state index contributed by atoms with van der Waals surface area (Å²) >= 11 is 0. The number of tetrazole rings is 1. The van der Waals surface area contributed by atoms with Crippen LogP contribution < -0.4 is 0 Å². The molecule has 2 aromatic heterocycles. The molecule has 0 aliphatic carbocycles. The summed E-state index contributed by atoms with van der Waals surface area (Å²) in [4.78, 5) is 14.2. The average Bonchev–Trinajstić information content (AvgIpc) is 3.35. The SMILES string of the molecule is O=C(Cc1nn[nH]n1)N1CCC(c2cc(Cc3ccccc3)[nH]n2)CC1. The van der Waals surface area contributed by atoms with Gasteiger partial charge < -0.3 is 4.90 Å². The lowest BCUT2D eigenvalue weighted by atomic mass is 9.93. The molecule has 3 heterocycles. The Morgan fingerprint density at radius 2 is 1.96 bits per heavy atom. The minimum Gasteiger partial charge on any atom is -0.342 e. The molecule has 1 aliphatic rings. The summed E-state index contributed by atoms with van der Waals surface area (Å²) < 4.78 is 0. The third-order valence-corrected chi connectivity index (χ3v) is 4.85. The van der Waals surface area contributed by atoms with Gasteiger partial charge in [-0.15, -0.1) is 10.2 Å². The Morgan fingerprint density at radius 1 is 1.15 bits per heavy atom. The van der Waals surface area contributed by atoms with Gasteiger partial charge in [0.2, 0.25) is 5.91 Å². The largest absolute Gasteiger partial charge is 0.342 e. The molecular formula is C18H21N7O. The molecule has 8 nitrogen and oxygen atoms in total. The highest BCUT2D eigenvalue weighted by Gasteiger charge is 2.26. The van der Waals surface area contributed by atoms with Crippen LogP contribution in [0.5, 0.6) is 0 Å². The van der Waals surface area contributed by atoms with E-state index in [4.69, 9.17) is 0 Å². The van der Waals surface area contributed by atoms with E-state index in [1.807, 2.05) is 23.1 Å². The number of hydrogen-bond donors (Lipinski definition) is 2. The second-order valence-electron chi connectivity index (χ2n) is 6.64. The highest BCUT2D eigenvalue weighted by atomic mass is 16.2. The summed E-state index contributed by atoms with van der Waals surface area (Å²) in [7, 11) is 0. The monoisotopic (exact) mass is 351 g/mol. The van der Waals surface area contributed by atoms with Gasteiger partial charge in [0.1, 0.15) is 0 Å². The van der Waals surface area contributed by atoms with Crippen LogP contribution in [-0.4, -0.2) is 54.7 Å². The number of carbonyl (C=O) groups is 1. The lowest BCUT2D eigenvalue weighted by Crippen LogP contribution is -2.39. The van der Waals surface area contributed by atoms with Gasteiger partial charge in [0.15, 0.2) is 5.82 Å². The second-order valence-corrected chi connectivity index (χ2v) is 6.64. The van der Waals surface area contributed by atoms with E-state index in [-0.39, 0.29) is 12.3 Å². The Hall–Kier alpha value is -3.03. The number of aromatic nitrogens is 6. The van der Waals surface area contributed by atoms with Crippen molar-refractivity contribution in [1.82, 2.24) is 35.7 Å². The predicted molar refractivity (Wildman–Crippen MR) is 94.3 cm³/mol. The topological polar surface area (TPSA) is 103 Å². The van der Waals surface area contributed by atoms with Crippen LogP contribution in [0, 0.1) is 0 Å². The number of rotatable bonds is 5. The molecule has 0 atom stereocenters. The van der Waals surface area contributed by atoms with Crippen LogP contribution in [0.3, 0.4) is 0 Å². The Labute approximate surface area is 151 Å². The van der Waals surface area contributed by atoms with Crippen molar-refractivity contribution in [2.45, 2.75) is 31.6 Å². The third kappa shape index (κ3) is 3.79. The summed E-state index contributed by atoms with van der Waals surface area (Å²) in [6.07, 6.45) is 2.90. The fourth-order valence-corrected chi connectivity index (χ4v) is 3.42. The Bertz CT molecular complexity index is 836. The van der Waals surface area contributed by atoms with Gasteiger partial charge >= 0.3 is 0 Å². The van der Waals surface area contributed by atoms with Gasteiger partial charge in [-0.1, -0.05) is 35.5 Å². The van der Waals surface area contributed by atoms with Crippen LogP contribution in [-0.2, 0) is 17.6 Å². The third-order valence-electron chi connectivity index (χ3n) is 4.85. The molecule has 1 saturated heterocycles. The molecule has 8 heteroatoms. The van der Waals surface area contributed by atoms with Crippen molar-refractivity contribution in [2.24, 2.45) is 0 Å². The van der Waals surface area contributed by atoms with E-state index in [1.54, 1.807) is 0 Å². The van der Waals surface area contributed by atoms with Gasteiger partial charge in [-0.2, -0.15) is 10.3 Å². The number of aromatic amines is 2. The van der Waals surface area contributed by atoms with Gasteiger partial charge in [0.05, 0.1) is 12.1 Å². The Balaban J connectivity index is 1.31. The first-order valence-corrected chi connectivity index (χ1v) is 8.86. The summed E-state index contributed by atoms with van der Waals surface area (Å²) in [5.74, 6) is 0.886. The van der Waals surface area contributed by atoms with Gasteiger partial charge in [0, 0.05) is 31.1 Å².